The number of benzene rings is 2. The SMILES string of the molecule is O=C(O)C1c2[c]cccc2-c2ccccc21. The molecular weight excluding hydrogens is 200 g/mol. The molecule has 1 N–H and O–H groups in total. The van der Waals surface area contributed by atoms with Gasteiger partial charge in [0, 0.05) is 0 Å². The van der Waals surface area contributed by atoms with E-state index < -0.39 is 11.9 Å². The number of hydrogen-bond donors (Lipinski definition) is 1. The van der Waals surface area contributed by atoms with Gasteiger partial charge in [-0.2, -0.15) is 0 Å². The van der Waals surface area contributed by atoms with Crippen molar-refractivity contribution >= 4 is 5.97 Å². The second kappa shape index (κ2) is 3.20. The van der Waals surface area contributed by atoms with E-state index in [9.17, 15) is 9.90 Å². The first-order valence-corrected chi connectivity index (χ1v) is 5.12. The van der Waals surface area contributed by atoms with Gasteiger partial charge in [0.25, 0.3) is 0 Å². The molecule has 0 aliphatic heterocycles. The second-order valence-corrected chi connectivity index (χ2v) is 3.86. The standard InChI is InChI=1S/C14H9O2/c15-14(16)13-11-7-3-1-5-9(11)10-6-2-4-8-12(10)13/h1-7,13H,(H,15,16). The molecule has 1 radical (unpaired) electrons. The van der Waals surface area contributed by atoms with Crippen LogP contribution in [0.3, 0.4) is 0 Å². The molecule has 16 heavy (non-hydrogen) atoms. The third-order valence-electron chi connectivity index (χ3n) is 2.99. The normalized spacial score (nSPS) is 13.2. The van der Waals surface area contributed by atoms with Gasteiger partial charge in [-0.3, -0.25) is 4.79 Å². The monoisotopic (exact) mass is 209 g/mol. The number of fused-ring (bicyclic) bond motifs is 3. The molecular formula is C14H9O2. The van der Waals surface area contributed by atoms with Crippen molar-refractivity contribution in [2.75, 3.05) is 0 Å². The van der Waals surface area contributed by atoms with Crippen molar-refractivity contribution in [2.45, 2.75) is 5.92 Å². The lowest BCUT2D eigenvalue weighted by Gasteiger charge is -2.06. The first-order valence-electron chi connectivity index (χ1n) is 5.12. The molecule has 1 unspecified atom stereocenters. The highest BCUT2D eigenvalue weighted by atomic mass is 16.4. The minimum atomic E-state index is -0.811. The van der Waals surface area contributed by atoms with Crippen LogP contribution >= 0.6 is 0 Å². The van der Waals surface area contributed by atoms with E-state index in [0.717, 1.165) is 22.3 Å². The summed E-state index contributed by atoms with van der Waals surface area (Å²) in [7, 11) is 0. The molecule has 0 fully saturated rings. The summed E-state index contributed by atoms with van der Waals surface area (Å²) >= 11 is 0. The van der Waals surface area contributed by atoms with Gasteiger partial charge in [-0.05, 0) is 28.3 Å². The van der Waals surface area contributed by atoms with E-state index in [-0.39, 0.29) is 0 Å². The van der Waals surface area contributed by atoms with Crippen LogP contribution in [0, 0.1) is 6.07 Å². The maximum Gasteiger partial charge on any atom is 0.315 e. The van der Waals surface area contributed by atoms with Crippen LogP contribution in [0.15, 0.2) is 42.5 Å². The lowest BCUT2D eigenvalue weighted by atomic mass is 9.97. The molecule has 3 rings (SSSR count). The molecule has 2 heteroatoms. The van der Waals surface area contributed by atoms with Crippen molar-refractivity contribution in [2.24, 2.45) is 0 Å². The number of carboxylic acid groups (broad SMARTS) is 1. The quantitative estimate of drug-likeness (QED) is 0.784. The zero-order chi connectivity index (χ0) is 11.1. The summed E-state index contributed by atoms with van der Waals surface area (Å²) in [6.45, 7) is 0. The van der Waals surface area contributed by atoms with E-state index in [1.165, 1.54) is 0 Å². The number of rotatable bonds is 1. The molecule has 0 saturated heterocycles. The van der Waals surface area contributed by atoms with Crippen LogP contribution < -0.4 is 0 Å². The average molecular weight is 209 g/mol. The van der Waals surface area contributed by atoms with Crippen LogP contribution in [-0.2, 0) is 4.79 Å². The van der Waals surface area contributed by atoms with Crippen LogP contribution in [0.5, 0.6) is 0 Å². The Labute approximate surface area is 93.2 Å². The molecule has 1 aliphatic carbocycles. The molecule has 0 heterocycles. The molecule has 77 valence electrons. The Morgan fingerprint density at radius 1 is 1.12 bits per heavy atom. The van der Waals surface area contributed by atoms with Crippen LogP contribution in [0.4, 0.5) is 0 Å². The molecule has 2 aromatic carbocycles. The Hall–Kier alpha value is -2.09. The van der Waals surface area contributed by atoms with Crippen molar-refractivity contribution in [1.82, 2.24) is 0 Å². The highest BCUT2D eigenvalue weighted by molar-refractivity contribution is 5.92. The number of carbonyl (C=O) groups is 1. The highest BCUT2D eigenvalue weighted by Gasteiger charge is 2.33. The van der Waals surface area contributed by atoms with E-state index in [1.54, 1.807) is 6.07 Å². The first kappa shape index (κ1) is 9.16. The molecule has 0 spiro atoms. The van der Waals surface area contributed by atoms with E-state index in [2.05, 4.69) is 6.07 Å². The fourth-order valence-corrected chi connectivity index (χ4v) is 2.33. The summed E-state index contributed by atoms with van der Waals surface area (Å²) in [6, 6.07) is 16.3. The van der Waals surface area contributed by atoms with Crippen molar-refractivity contribution in [3.63, 3.8) is 0 Å². The van der Waals surface area contributed by atoms with Crippen LogP contribution in [0.1, 0.15) is 17.0 Å². The summed E-state index contributed by atoms with van der Waals surface area (Å²) in [4.78, 5) is 11.3. The summed E-state index contributed by atoms with van der Waals surface area (Å²) in [6.07, 6.45) is 0. The minimum absolute atomic E-state index is 0.563. The smallest absolute Gasteiger partial charge is 0.315 e. The maximum atomic E-state index is 11.3. The van der Waals surface area contributed by atoms with Gasteiger partial charge in [0.1, 0.15) is 5.92 Å². The number of hydrogen-bond acceptors (Lipinski definition) is 1. The second-order valence-electron chi connectivity index (χ2n) is 3.86. The molecule has 1 aliphatic rings. The molecule has 0 saturated carbocycles. The Kier molecular flexibility index (Phi) is 1.83. The van der Waals surface area contributed by atoms with Crippen molar-refractivity contribution in [3.8, 4) is 11.1 Å². The van der Waals surface area contributed by atoms with Gasteiger partial charge in [-0.15, -0.1) is 0 Å². The van der Waals surface area contributed by atoms with Gasteiger partial charge in [0.05, 0.1) is 0 Å². The fraction of sp³-hybridized carbons (Fsp3) is 0.0714. The number of carboxylic acids is 1. The van der Waals surface area contributed by atoms with Gasteiger partial charge in [-0.25, -0.2) is 0 Å². The maximum absolute atomic E-state index is 11.3. The molecule has 0 amide bonds. The van der Waals surface area contributed by atoms with E-state index in [0.29, 0.717) is 0 Å². The van der Waals surface area contributed by atoms with Crippen molar-refractivity contribution in [1.29, 1.82) is 0 Å². The van der Waals surface area contributed by atoms with Crippen LogP contribution in [0.2, 0.25) is 0 Å². The summed E-state index contributed by atoms with van der Waals surface area (Å²) in [5.41, 5.74) is 3.65. The van der Waals surface area contributed by atoms with Gasteiger partial charge in [0.2, 0.25) is 0 Å². The predicted molar refractivity (Wildman–Crippen MR) is 60.2 cm³/mol. The summed E-state index contributed by atoms with van der Waals surface area (Å²) < 4.78 is 0. The van der Waals surface area contributed by atoms with Crippen molar-refractivity contribution < 1.29 is 9.90 Å². The first-order chi connectivity index (χ1) is 7.79. The third-order valence-corrected chi connectivity index (χ3v) is 2.99. The predicted octanol–water partition coefficient (Wildman–Crippen LogP) is 2.68. The Balaban J connectivity index is 2.34. The van der Waals surface area contributed by atoms with Crippen LogP contribution in [-0.4, -0.2) is 11.1 Å². The summed E-state index contributed by atoms with van der Waals surface area (Å²) in [5.74, 6) is -1.37. The van der Waals surface area contributed by atoms with Crippen LogP contribution in [0.25, 0.3) is 11.1 Å². The zero-order valence-corrected chi connectivity index (χ0v) is 8.47. The molecule has 2 aromatic rings. The topological polar surface area (TPSA) is 37.3 Å². The Morgan fingerprint density at radius 3 is 2.69 bits per heavy atom. The lowest BCUT2D eigenvalue weighted by Crippen LogP contribution is -2.09. The van der Waals surface area contributed by atoms with Gasteiger partial charge >= 0.3 is 5.97 Å². The Morgan fingerprint density at radius 2 is 1.88 bits per heavy atom. The van der Waals surface area contributed by atoms with Crippen molar-refractivity contribution in [3.05, 3.63) is 59.7 Å². The van der Waals surface area contributed by atoms with E-state index >= 15 is 0 Å². The summed E-state index contributed by atoms with van der Waals surface area (Å²) in [5, 5.41) is 9.29. The van der Waals surface area contributed by atoms with E-state index in [4.69, 9.17) is 0 Å². The highest BCUT2D eigenvalue weighted by Crippen LogP contribution is 2.44. The third kappa shape index (κ3) is 1.10. The van der Waals surface area contributed by atoms with Gasteiger partial charge in [0.15, 0.2) is 0 Å². The minimum Gasteiger partial charge on any atom is -0.481 e. The lowest BCUT2D eigenvalue weighted by molar-refractivity contribution is -0.137. The zero-order valence-electron chi connectivity index (χ0n) is 8.47. The van der Waals surface area contributed by atoms with Gasteiger partial charge < -0.3 is 5.11 Å². The molecule has 1 atom stereocenters. The average Bonchev–Trinajstić information content (AvgIpc) is 2.63. The van der Waals surface area contributed by atoms with E-state index in [1.807, 2.05) is 36.4 Å². The molecule has 2 nitrogen and oxygen atoms in total. The number of aliphatic carboxylic acids is 1. The van der Waals surface area contributed by atoms with Gasteiger partial charge in [-0.1, -0.05) is 42.5 Å². The molecule has 0 bridgehead atoms. The molecule has 0 aromatic heterocycles. The fourth-order valence-electron chi connectivity index (χ4n) is 2.33. The Bertz CT molecular complexity index is 527. The largest absolute Gasteiger partial charge is 0.481 e.